The van der Waals surface area contributed by atoms with Crippen LogP contribution in [-0.4, -0.2) is 70.8 Å². The van der Waals surface area contributed by atoms with Crippen LogP contribution in [0, 0.1) is 0 Å². The van der Waals surface area contributed by atoms with Gasteiger partial charge in [0.15, 0.2) is 0 Å². The monoisotopic (exact) mass is 449 g/mol. The first-order valence-electron chi connectivity index (χ1n) is 11.2. The Bertz CT molecular complexity index is 949. The number of alkyl halides is 3. The van der Waals surface area contributed by atoms with Crippen molar-refractivity contribution in [3.8, 4) is 0 Å². The fourth-order valence-electron chi connectivity index (χ4n) is 4.72. The van der Waals surface area contributed by atoms with E-state index in [1.807, 2.05) is 22.8 Å². The van der Waals surface area contributed by atoms with E-state index in [2.05, 4.69) is 10.00 Å². The van der Waals surface area contributed by atoms with Crippen molar-refractivity contribution in [3.05, 3.63) is 47.3 Å². The number of likely N-dealkylation sites (tertiary alicyclic amines) is 1. The zero-order valence-corrected chi connectivity index (χ0v) is 18.6. The molecule has 6 nitrogen and oxygen atoms in total. The average molecular weight is 450 g/mol. The topological polar surface area (TPSA) is 44.6 Å². The molecule has 3 heterocycles. The van der Waals surface area contributed by atoms with Crippen LogP contribution in [0.1, 0.15) is 41.5 Å². The largest absolute Gasteiger partial charge is 0.416 e. The van der Waals surface area contributed by atoms with Crippen LogP contribution in [-0.2, 0) is 19.6 Å². The van der Waals surface area contributed by atoms with Crippen LogP contribution in [0.5, 0.6) is 0 Å². The highest BCUT2D eigenvalue weighted by Gasteiger charge is 2.33. The summed E-state index contributed by atoms with van der Waals surface area (Å²) in [5.74, 6) is 0.0204. The lowest BCUT2D eigenvalue weighted by molar-refractivity contribution is -0.137. The van der Waals surface area contributed by atoms with Gasteiger partial charge in [-0.3, -0.25) is 14.4 Å². The van der Waals surface area contributed by atoms with Gasteiger partial charge >= 0.3 is 6.18 Å². The maximum Gasteiger partial charge on any atom is 0.416 e. The third-order valence-electron chi connectivity index (χ3n) is 6.56. The summed E-state index contributed by atoms with van der Waals surface area (Å²) in [7, 11) is 1.81. The summed E-state index contributed by atoms with van der Waals surface area (Å²) in [6.07, 6.45) is -1.57. The van der Waals surface area contributed by atoms with Crippen LogP contribution in [0.15, 0.2) is 30.3 Å². The number of benzene rings is 1. The van der Waals surface area contributed by atoms with Crippen molar-refractivity contribution in [2.75, 3.05) is 44.2 Å². The smallest absolute Gasteiger partial charge is 0.369 e. The Kier molecular flexibility index (Phi) is 6.46. The van der Waals surface area contributed by atoms with Gasteiger partial charge in [-0.2, -0.15) is 18.3 Å². The van der Waals surface area contributed by atoms with Gasteiger partial charge in [-0.05, 0) is 43.5 Å². The molecule has 2 fully saturated rings. The number of aryl methyl sites for hydroxylation is 2. The molecular formula is C23H30F3N5O. The van der Waals surface area contributed by atoms with E-state index in [4.69, 9.17) is 0 Å². The van der Waals surface area contributed by atoms with Gasteiger partial charge < -0.3 is 9.80 Å². The van der Waals surface area contributed by atoms with Crippen molar-refractivity contribution < 1.29 is 18.0 Å². The van der Waals surface area contributed by atoms with Crippen LogP contribution >= 0.6 is 0 Å². The molecular weight excluding hydrogens is 419 g/mol. The molecule has 0 bridgehead atoms. The van der Waals surface area contributed by atoms with Crippen molar-refractivity contribution in [3.63, 3.8) is 0 Å². The number of carbonyl (C=O) groups is 1. The third kappa shape index (κ3) is 4.77. The Morgan fingerprint density at radius 1 is 1.12 bits per heavy atom. The minimum absolute atomic E-state index is 0.0204. The summed E-state index contributed by atoms with van der Waals surface area (Å²) >= 11 is 0. The molecule has 0 N–H and O–H groups in total. The minimum atomic E-state index is -4.33. The normalized spacial score (nSPS) is 20.6. The lowest BCUT2D eigenvalue weighted by Gasteiger charge is -2.44. The lowest BCUT2D eigenvalue weighted by Crippen LogP contribution is -2.56. The second-order valence-corrected chi connectivity index (χ2v) is 8.62. The van der Waals surface area contributed by atoms with Crippen molar-refractivity contribution in [2.24, 2.45) is 7.05 Å². The van der Waals surface area contributed by atoms with E-state index in [1.54, 1.807) is 17.8 Å². The first-order valence-corrected chi connectivity index (χ1v) is 11.2. The van der Waals surface area contributed by atoms with E-state index in [0.717, 1.165) is 50.7 Å². The number of piperidine rings is 1. The Labute approximate surface area is 186 Å². The molecule has 174 valence electrons. The molecule has 4 rings (SSSR count). The fourth-order valence-corrected chi connectivity index (χ4v) is 4.72. The Balaban J connectivity index is 1.36. The maximum atomic E-state index is 13.1. The van der Waals surface area contributed by atoms with E-state index >= 15 is 0 Å². The molecule has 2 aliphatic rings. The van der Waals surface area contributed by atoms with E-state index in [9.17, 15) is 18.0 Å². The molecule has 1 aromatic heterocycles. The Morgan fingerprint density at radius 3 is 2.53 bits per heavy atom. The number of halogens is 3. The molecule has 1 aromatic carbocycles. The molecule has 0 aliphatic carbocycles. The zero-order chi connectivity index (χ0) is 22.9. The summed E-state index contributed by atoms with van der Waals surface area (Å²) in [6, 6.07) is 7.70. The Morgan fingerprint density at radius 2 is 1.88 bits per heavy atom. The molecule has 0 saturated carbocycles. The number of piperazine rings is 1. The number of anilines is 1. The quantitative estimate of drug-likeness (QED) is 0.718. The summed E-state index contributed by atoms with van der Waals surface area (Å²) in [5.41, 5.74) is 1.54. The highest BCUT2D eigenvalue weighted by atomic mass is 19.4. The number of carbonyl (C=O) groups excluding carboxylic acids is 1. The molecule has 9 heteroatoms. The van der Waals surface area contributed by atoms with E-state index < -0.39 is 11.7 Å². The molecule has 2 aliphatic heterocycles. The number of hydrogen-bond acceptors (Lipinski definition) is 4. The number of hydrogen-bond donors (Lipinski definition) is 0. The molecule has 1 atom stereocenters. The third-order valence-corrected chi connectivity index (χ3v) is 6.56. The highest BCUT2D eigenvalue weighted by Crippen LogP contribution is 2.32. The van der Waals surface area contributed by atoms with E-state index in [-0.39, 0.29) is 11.9 Å². The number of nitrogens with zero attached hydrogens (tertiary/aromatic N) is 5. The number of amides is 1. The van der Waals surface area contributed by atoms with Gasteiger partial charge in [0.1, 0.15) is 5.69 Å². The first kappa shape index (κ1) is 22.6. The highest BCUT2D eigenvalue weighted by molar-refractivity contribution is 5.92. The Hall–Kier alpha value is -2.55. The zero-order valence-electron chi connectivity index (χ0n) is 18.6. The van der Waals surface area contributed by atoms with Crippen LogP contribution in [0.2, 0.25) is 0 Å². The van der Waals surface area contributed by atoms with Crippen LogP contribution < -0.4 is 4.90 Å². The molecule has 0 radical (unpaired) electrons. The second kappa shape index (κ2) is 9.13. The molecule has 2 aromatic rings. The standard InChI is InChI=1S/C23H30F3N5O/c1-3-18-15-21(28(2)27-18)22(32)31-9-5-8-20(16-31)30-12-10-29(11-13-30)19-7-4-6-17(14-19)23(24,25)26/h4,6-7,14-15,20H,3,5,8-13,16H2,1-2H3/t20-/m0/s1. The molecule has 0 unspecified atom stereocenters. The van der Waals surface area contributed by atoms with Gasteiger partial charge in [-0.25, -0.2) is 0 Å². The average Bonchev–Trinajstić information content (AvgIpc) is 3.19. The van der Waals surface area contributed by atoms with Crippen molar-refractivity contribution >= 4 is 11.6 Å². The maximum absolute atomic E-state index is 13.1. The van der Waals surface area contributed by atoms with Gasteiger partial charge in [0, 0.05) is 58.0 Å². The summed E-state index contributed by atoms with van der Waals surface area (Å²) in [5, 5.41) is 4.40. The SMILES string of the molecule is CCc1cc(C(=O)N2CCC[C@H](N3CCN(c4cccc(C(F)(F)F)c4)CC3)C2)n(C)n1. The van der Waals surface area contributed by atoms with Crippen LogP contribution in [0.25, 0.3) is 0 Å². The first-order chi connectivity index (χ1) is 15.3. The second-order valence-electron chi connectivity index (χ2n) is 8.62. The van der Waals surface area contributed by atoms with Crippen molar-refractivity contribution in [1.29, 1.82) is 0 Å². The molecule has 2 saturated heterocycles. The number of aromatic nitrogens is 2. The molecule has 32 heavy (non-hydrogen) atoms. The summed E-state index contributed by atoms with van der Waals surface area (Å²) in [6.45, 7) is 6.33. The number of rotatable bonds is 4. The van der Waals surface area contributed by atoms with Gasteiger partial charge in [0.25, 0.3) is 5.91 Å². The fraction of sp³-hybridized carbons (Fsp3) is 0.565. The van der Waals surface area contributed by atoms with E-state index in [0.29, 0.717) is 31.0 Å². The lowest BCUT2D eigenvalue weighted by atomic mass is 10.0. The predicted octanol–water partition coefficient (Wildman–Crippen LogP) is 3.43. The predicted molar refractivity (Wildman–Crippen MR) is 117 cm³/mol. The molecule has 1 amide bonds. The van der Waals surface area contributed by atoms with E-state index in [1.165, 1.54) is 12.1 Å². The minimum Gasteiger partial charge on any atom is -0.369 e. The van der Waals surface area contributed by atoms with Crippen LogP contribution in [0.4, 0.5) is 18.9 Å². The van der Waals surface area contributed by atoms with Gasteiger partial charge in [-0.1, -0.05) is 13.0 Å². The summed E-state index contributed by atoms with van der Waals surface area (Å²) in [4.78, 5) is 19.4. The van der Waals surface area contributed by atoms with Gasteiger partial charge in [0.2, 0.25) is 0 Å². The van der Waals surface area contributed by atoms with Crippen molar-refractivity contribution in [2.45, 2.75) is 38.4 Å². The van der Waals surface area contributed by atoms with Crippen molar-refractivity contribution in [1.82, 2.24) is 19.6 Å². The molecule has 0 spiro atoms. The van der Waals surface area contributed by atoms with Gasteiger partial charge in [0.05, 0.1) is 11.3 Å². The van der Waals surface area contributed by atoms with Crippen LogP contribution in [0.3, 0.4) is 0 Å². The summed E-state index contributed by atoms with van der Waals surface area (Å²) < 4.78 is 40.8. The van der Waals surface area contributed by atoms with Gasteiger partial charge in [-0.15, -0.1) is 0 Å².